The molecule has 0 bridgehead atoms. The predicted molar refractivity (Wildman–Crippen MR) is 98.6 cm³/mol. The normalized spacial score (nSPS) is 32.2. The summed E-state index contributed by atoms with van der Waals surface area (Å²) in [6, 6.07) is 7.09. The quantitative estimate of drug-likeness (QED) is 0.855. The van der Waals surface area contributed by atoms with Crippen molar-refractivity contribution in [2.24, 2.45) is 11.8 Å². The van der Waals surface area contributed by atoms with Gasteiger partial charge in [0.25, 0.3) is 0 Å². The smallest absolute Gasteiger partial charge is 0.230 e. The first-order valence-electron chi connectivity index (χ1n) is 9.60. The summed E-state index contributed by atoms with van der Waals surface area (Å²) in [7, 11) is -3.22. The van der Waals surface area contributed by atoms with Crippen molar-refractivity contribution in [2.75, 3.05) is 12.9 Å². The number of rotatable bonds is 5. The van der Waals surface area contributed by atoms with E-state index in [-0.39, 0.29) is 11.9 Å². The molecule has 0 unspecified atom stereocenters. The van der Waals surface area contributed by atoms with Crippen LogP contribution >= 0.6 is 0 Å². The summed E-state index contributed by atoms with van der Waals surface area (Å²) < 4.78 is 29.2. The monoisotopic (exact) mass is 377 g/mol. The minimum absolute atomic E-state index is 0.102. The molecule has 4 rings (SSSR count). The molecule has 1 aromatic rings. The lowest BCUT2D eigenvalue weighted by molar-refractivity contribution is -0.136. The second kappa shape index (κ2) is 6.34. The number of nitrogens with one attached hydrogen (secondary N) is 1. The van der Waals surface area contributed by atoms with Crippen molar-refractivity contribution in [1.29, 1.82) is 0 Å². The van der Waals surface area contributed by atoms with Gasteiger partial charge in [0.2, 0.25) is 5.91 Å². The van der Waals surface area contributed by atoms with E-state index in [1.165, 1.54) is 6.26 Å². The fraction of sp³-hybridized carbons (Fsp3) is 0.650. The zero-order valence-corrected chi connectivity index (χ0v) is 16.2. The molecule has 0 aromatic heterocycles. The number of amides is 1. The van der Waals surface area contributed by atoms with Crippen LogP contribution in [0.1, 0.15) is 44.6 Å². The first-order valence-corrected chi connectivity index (χ1v) is 11.5. The lowest BCUT2D eigenvalue weighted by atomic mass is 9.62. The van der Waals surface area contributed by atoms with Gasteiger partial charge in [-0.15, -0.1) is 0 Å². The minimum atomic E-state index is -3.22. The molecule has 1 saturated heterocycles. The van der Waals surface area contributed by atoms with Gasteiger partial charge in [-0.2, -0.15) is 0 Å². The van der Waals surface area contributed by atoms with Gasteiger partial charge < -0.3 is 10.1 Å². The number of benzene rings is 1. The van der Waals surface area contributed by atoms with Crippen LogP contribution in [0.15, 0.2) is 29.2 Å². The zero-order valence-electron chi connectivity index (χ0n) is 15.4. The number of ether oxygens (including phenoxy) is 1. The van der Waals surface area contributed by atoms with Gasteiger partial charge in [-0.3, -0.25) is 4.79 Å². The van der Waals surface area contributed by atoms with Crippen LogP contribution in [0, 0.1) is 11.8 Å². The fourth-order valence-electron chi connectivity index (χ4n) is 5.02. The van der Waals surface area contributed by atoms with Crippen LogP contribution in [-0.2, 0) is 24.8 Å². The standard InChI is InChI=1S/C20H27NO4S/c1-3-15-17(16-9-12-25-18(15)16)21-19(22)20(10-4-11-20)13-5-7-14(8-6-13)26(2,23)24/h5-8,15-18H,3-4,9-12H2,1-2H3,(H,21,22)/t15-,16+,17-,18-/m1/s1. The van der Waals surface area contributed by atoms with E-state index in [2.05, 4.69) is 12.2 Å². The molecule has 5 nitrogen and oxygen atoms in total. The van der Waals surface area contributed by atoms with Crippen molar-refractivity contribution >= 4 is 15.7 Å². The lowest BCUT2D eigenvalue weighted by Gasteiger charge is -2.50. The molecule has 1 heterocycles. The van der Waals surface area contributed by atoms with Gasteiger partial charge in [0.1, 0.15) is 0 Å². The van der Waals surface area contributed by atoms with Gasteiger partial charge in [-0.1, -0.05) is 25.5 Å². The Bertz CT molecular complexity index is 798. The average Bonchev–Trinajstić information content (AvgIpc) is 2.96. The summed E-state index contributed by atoms with van der Waals surface area (Å²) in [5, 5.41) is 3.34. The summed E-state index contributed by atoms with van der Waals surface area (Å²) in [6.45, 7) is 2.96. The van der Waals surface area contributed by atoms with Crippen LogP contribution in [-0.4, -0.2) is 39.3 Å². The van der Waals surface area contributed by atoms with Crippen LogP contribution in [0.3, 0.4) is 0 Å². The highest BCUT2D eigenvalue weighted by molar-refractivity contribution is 7.90. The van der Waals surface area contributed by atoms with Gasteiger partial charge >= 0.3 is 0 Å². The third-order valence-electron chi connectivity index (χ3n) is 6.77. The number of carbonyl (C=O) groups excluding carboxylic acids is 1. The van der Waals surface area contributed by atoms with Crippen molar-refractivity contribution in [3.05, 3.63) is 29.8 Å². The largest absolute Gasteiger partial charge is 0.377 e. The molecule has 6 heteroatoms. The number of hydrogen-bond acceptors (Lipinski definition) is 4. The van der Waals surface area contributed by atoms with E-state index in [0.717, 1.165) is 44.3 Å². The third-order valence-corrected chi connectivity index (χ3v) is 7.90. The van der Waals surface area contributed by atoms with Gasteiger partial charge in [0, 0.05) is 30.7 Å². The van der Waals surface area contributed by atoms with Crippen molar-refractivity contribution in [1.82, 2.24) is 5.32 Å². The van der Waals surface area contributed by atoms with E-state index < -0.39 is 15.3 Å². The molecule has 3 fully saturated rings. The Morgan fingerprint density at radius 1 is 1.27 bits per heavy atom. The number of carbonyl (C=O) groups is 1. The minimum Gasteiger partial charge on any atom is -0.377 e. The Morgan fingerprint density at radius 2 is 1.96 bits per heavy atom. The maximum atomic E-state index is 13.2. The Hall–Kier alpha value is -1.40. The van der Waals surface area contributed by atoms with E-state index in [4.69, 9.17) is 4.74 Å². The molecule has 26 heavy (non-hydrogen) atoms. The molecule has 0 radical (unpaired) electrons. The molecule has 3 aliphatic rings. The summed E-state index contributed by atoms with van der Waals surface area (Å²) in [4.78, 5) is 13.5. The fourth-order valence-corrected chi connectivity index (χ4v) is 5.65. The van der Waals surface area contributed by atoms with Gasteiger partial charge in [0.05, 0.1) is 16.4 Å². The average molecular weight is 378 g/mol. The molecule has 1 aliphatic heterocycles. The zero-order chi connectivity index (χ0) is 18.5. The van der Waals surface area contributed by atoms with Crippen molar-refractivity contribution < 1.29 is 17.9 Å². The molecular weight excluding hydrogens is 350 g/mol. The second-order valence-electron chi connectivity index (χ2n) is 8.09. The Kier molecular flexibility index (Phi) is 4.39. The Balaban J connectivity index is 1.53. The third kappa shape index (κ3) is 2.69. The Labute approximate surface area is 155 Å². The number of sulfone groups is 1. The molecule has 1 amide bonds. The first kappa shape index (κ1) is 18.0. The molecule has 1 aromatic carbocycles. The highest BCUT2D eigenvalue weighted by Crippen LogP contribution is 2.48. The first-order chi connectivity index (χ1) is 12.4. The van der Waals surface area contributed by atoms with Crippen molar-refractivity contribution in [3.63, 3.8) is 0 Å². The van der Waals surface area contributed by atoms with Crippen LogP contribution in [0.4, 0.5) is 0 Å². The number of fused-ring (bicyclic) bond motifs is 1. The molecule has 1 N–H and O–H groups in total. The molecule has 4 atom stereocenters. The Morgan fingerprint density at radius 3 is 2.50 bits per heavy atom. The van der Waals surface area contributed by atoms with E-state index in [9.17, 15) is 13.2 Å². The van der Waals surface area contributed by atoms with Crippen LogP contribution in [0.2, 0.25) is 0 Å². The highest BCUT2D eigenvalue weighted by atomic mass is 32.2. The topological polar surface area (TPSA) is 72.5 Å². The highest BCUT2D eigenvalue weighted by Gasteiger charge is 2.55. The summed E-state index contributed by atoms with van der Waals surface area (Å²) in [5.74, 6) is 0.967. The molecule has 2 saturated carbocycles. The SMILES string of the molecule is CC[C@@H]1[C@@H](NC(=O)C2(c3ccc(S(C)(=O)=O)cc3)CCC2)[C@@H]2CCO[C@H]12. The summed E-state index contributed by atoms with van der Waals surface area (Å²) in [5.41, 5.74) is 0.430. The van der Waals surface area contributed by atoms with E-state index in [1.807, 2.05) is 12.1 Å². The maximum absolute atomic E-state index is 13.2. The molecule has 142 valence electrons. The van der Waals surface area contributed by atoms with Gasteiger partial charge in [-0.05, 0) is 43.4 Å². The molecule has 0 spiro atoms. The van der Waals surface area contributed by atoms with Crippen LogP contribution in [0.25, 0.3) is 0 Å². The van der Waals surface area contributed by atoms with E-state index >= 15 is 0 Å². The number of hydrogen-bond donors (Lipinski definition) is 1. The van der Waals surface area contributed by atoms with Crippen molar-refractivity contribution in [3.8, 4) is 0 Å². The van der Waals surface area contributed by atoms with E-state index in [1.54, 1.807) is 12.1 Å². The van der Waals surface area contributed by atoms with Gasteiger partial charge in [0.15, 0.2) is 9.84 Å². The van der Waals surface area contributed by atoms with Crippen LogP contribution < -0.4 is 5.32 Å². The van der Waals surface area contributed by atoms with Crippen LogP contribution in [0.5, 0.6) is 0 Å². The summed E-state index contributed by atoms with van der Waals surface area (Å²) in [6.07, 6.45) is 6.24. The van der Waals surface area contributed by atoms with E-state index in [0.29, 0.717) is 22.8 Å². The molecular formula is C20H27NO4S. The maximum Gasteiger partial charge on any atom is 0.230 e. The second-order valence-corrected chi connectivity index (χ2v) is 10.1. The lowest BCUT2D eigenvalue weighted by Crippen LogP contribution is -2.64. The van der Waals surface area contributed by atoms with Crippen molar-refractivity contribution in [2.45, 2.75) is 61.5 Å². The molecule has 2 aliphatic carbocycles. The summed E-state index contributed by atoms with van der Waals surface area (Å²) >= 11 is 0. The predicted octanol–water partition coefficient (Wildman–Crippen LogP) is 2.44. The van der Waals surface area contributed by atoms with Gasteiger partial charge in [-0.25, -0.2) is 8.42 Å².